The molecule has 2 aliphatic rings. The van der Waals surface area contributed by atoms with E-state index in [2.05, 4.69) is 20.3 Å². The lowest BCUT2D eigenvalue weighted by atomic mass is 10.1. The van der Waals surface area contributed by atoms with Gasteiger partial charge in [-0.25, -0.2) is 9.48 Å². The van der Waals surface area contributed by atoms with Gasteiger partial charge in [0.25, 0.3) is 11.8 Å². The van der Waals surface area contributed by atoms with Crippen molar-refractivity contribution in [3.05, 3.63) is 45.6 Å². The van der Waals surface area contributed by atoms with Crippen LogP contribution in [0.1, 0.15) is 39.9 Å². The van der Waals surface area contributed by atoms with Crippen molar-refractivity contribution in [3.8, 4) is 0 Å². The van der Waals surface area contributed by atoms with Gasteiger partial charge in [0.1, 0.15) is 11.2 Å². The van der Waals surface area contributed by atoms with Crippen LogP contribution in [0.25, 0.3) is 11.0 Å². The van der Waals surface area contributed by atoms with Crippen molar-refractivity contribution in [1.29, 1.82) is 0 Å². The minimum absolute atomic E-state index is 0.0237. The van der Waals surface area contributed by atoms with E-state index >= 15 is 0 Å². The highest BCUT2D eigenvalue weighted by Gasteiger charge is 2.47. The highest BCUT2D eigenvalue weighted by atomic mass is 16.2. The fraction of sp³-hybridized carbons (Fsp3) is 0.421. The predicted octanol–water partition coefficient (Wildman–Crippen LogP) is 0.515. The monoisotopic (exact) mass is 395 g/mol. The lowest BCUT2D eigenvalue weighted by molar-refractivity contribution is 0.0523. The lowest BCUT2D eigenvalue weighted by Crippen LogP contribution is -2.50. The first-order valence-electron chi connectivity index (χ1n) is 9.70. The van der Waals surface area contributed by atoms with Gasteiger partial charge in [-0.15, -0.1) is 5.10 Å². The van der Waals surface area contributed by atoms with Gasteiger partial charge in [0.05, 0.1) is 17.6 Å². The van der Waals surface area contributed by atoms with E-state index in [4.69, 9.17) is 0 Å². The number of likely N-dealkylation sites (tertiary alicyclic amines) is 2. The Bertz CT molecular complexity index is 1190. The lowest BCUT2D eigenvalue weighted by Gasteiger charge is -2.34. The number of aryl methyl sites for hydroxylation is 2. The van der Waals surface area contributed by atoms with E-state index < -0.39 is 0 Å². The molecule has 2 atom stereocenters. The van der Waals surface area contributed by atoms with E-state index in [0.29, 0.717) is 35.6 Å². The first kappa shape index (κ1) is 17.7. The molecule has 2 saturated heterocycles. The zero-order valence-electron chi connectivity index (χ0n) is 16.2. The molecule has 1 aromatic carbocycles. The molecule has 2 amide bonds. The number of nitrogens with one attached hydrogen (secondary N) is 2. The number of carbonyl (C=O) groups is 2. The summed E-state index contributed by atoms with van der Waals surface area (Å²) < 4.78 is 1.79. The van der Waals surface area contributed by atoms with E-state index in [-0.39, 0.29) is 29.6 Å². The molecule has 4 heterocycles. The summed E-state index contributed by atoms with van der Waals surface area (Å²) in [5, 5.41) is 8.23. The molecular weight excluding hydrogens is 374 g/mol. The number of hydrogen-bond donors (Lipinski definition) is 2. The van der Waals surface area contributed by atoms with Crippen molar-refractivity contribution in [1.82, 2.24) is 34.8 Å². The summed E-state index contributed by atoms with van der Waals surface area (Å²) in [5.74, 6) is -0.248. The molecule has 10 nitrogen and oxygen atoms in total. The Morgan fingerprint density at radius 3 is 2.48 bits per heavy atom. The van der Waals surface area contributed by atoms with Gasteiger partial charge in [-0.3, -0.25) is 9.59 Å². The van der Waals surface area contributed by atoms with Crippen molar-refractivity contribution in [2.75, 3.05) is 13.1 Å². The molecule has 10 heteroatoms. The number of carbonyl (C=O) groups excluding carboxylic acids is 2. The Kier molecular flexibility index (Phi) is 3.83. The van der Waals surface area contributed by atoms with Crippen molar-refractivity contribution in [2.24, 2.45) is 0 Å². The summed E-state index contributed by atoms with van der Waals surface area (Å²) in [6.07, 6.45) is 0.749. The molecule has 2 N–H and O–H groups in total. The molecule has 2 bridgehead atoms. The second-order valence-electron chi connectivity index (χ2n) is 7.65. The summed E-state index contributed by atoms with van der Waals surface area (Å²) in [4.78, 5) is 46.1. The van der Waals surface area contributed by atoms with Gasteiger partial charge < -0.3 is 19.8 Å². The Morgan fingerprint density at radius 2 is 1.86 bits per heavy atom. The molecule has 5 rings (SSSR count). The Labute approximate surface area is 165 Å². The fourth-order valence-corrected chi connectivity index (χ4v) is 4.50. The summed E-state index contributed by atoms with van der Waals surface area (Å²) in [5.41, 5.74) is 2.62. The number of fused-ring (bicyclic) bond motifs is 3. The highest BCUT2D eigenvalue weighted by Crippen LogP contribution is 2.33. The van der Waals surface area contributed by atoms with Crippen LogP contribution in [0, 0.1) is 6.92 Å². The Hall–Kier alpha value is -3.43. The second kappa shape index (κ2) is 6.29. The quantitative estimate of drug-likeness (QED) is 0.670. The number of piperazine rings is 1. The molecule has 2 fully saturated rings. The maximum absolute atomic E-state index is 13.1. The number of aromatic amines is 2. The zero-order valence-corrected chi connectivity index (χ0v) is 16.2. The summed E-state index contributed by atoms with van der Waals surface area (Å²) >= 11 is 0. The topological polar surface area (TPSA) is 120 Å². The summed E-state index contributed by atoms with van der Waals surface area (Å²) in [7, 11) is 0. The number of imidazole rings is 1. The molecule has 0 saturated carbocycles. The van der Waals surface area contributed by atoms with Gasteiger partial charge >= 0.3 is 5.69 Å². The first-order valence-corrected chi connectivity index (χ1v) is 9.70. The third kappa shape index (κ3) is 2.66. The minimum atomic E-state index is -0.387. The molecule has 2 aromatic heterocycles. The molecule has 3 aromatic rings. The van der Waals surface area contributed by atoms with E-state index in [9.17, 15) is 14.4 Å². The third-order valence-corrected chi connectivity index (χ3v) is 5.95. The van der Waals surface area contributed by atoms with E-state index in [0.717, 1.165) is 18.5 Å². The fourth-order valence-electron chi connectivity index (χ4n) is 4.50. The number of hydrogen-bond acceptors (Lipinski definition) is 5. The van der Waals surface area contributed by atoms with Crippen molar-refractivity contribution in [3.63, 3.8) is 0 Å². The summed E-state index contributed by atoms with van der Waals surface area (Å²) in [6.45, 7) is 5.36. The predicted molar refractivity (Wildman–Crippen MR) is 104 cm³/mol. The third-order valence-electron chi connectivity index (χ3n) is 5.95. The van der Waals surface area contributed by atoms with Crippen molar-refractivity contribution >= 4 is 22.8 Å². The van der Waals surface area contributed by atoms with Crippen LogP contribution < -0.4 is 5.69 Å². The normalized spacial score (nSPS) is 20.8. The highest BCUT2D eigenvalue weighted by molar-refractivity contribution is 5.98. The van der Waals surface area contributed by atoms with Crippen LogP contribution in [-0.2, 0) is 6.54 Å². The smallest absolute Gasteiger partial charge is 0.323 e. The van der Waals surface area contributed by atoms with Crippen LogP contribution >= 0.6 is 0 Å². The number of aromatic nitrogens is 5. The van der Waals surface area contributed by atoms with E-state index in [1.165, 1.54) is 0 Å². The number of amides is 2. The van der Waals surface area contributed by atoms with Crippen LogP contribution in [0.4, 0.5) is 0 Å². The number of benzene rings is 1. The average molecular weight is 395 g/mol. The molecular formula is C19H21N7O3. The van der Waals surface area contributed by atoms with Crippen molar-refractivity contribution < 1.29 is 9.59 Å². The van der Waals surface area contributed by atoms with Crippen molar-refractivity contribution in [2.45, 2.75) is 38.9 Å². The molecule has 0 unspecified atom stereocenters. The molecule has 29 heavy (non-hydrogen) atoms. The van der Waals surface area contributed by atoms with Gasteiger partial charge in [-0.2, -0.15) is 0 Å². The largest absolute Gasteiger partial charge is 0.332 e. The van der Waals surface area contributed by atoms with Gasteiger partial charge in [-0.1, -0.05) is 5.21 Å². The Morgan fingerprint density at radius 1 is 1.14 bits per heavy atom. The van der Waals surface area contributed by atoms with Crippen LogP contribution in [0.2, 0.25) is 0 Å². The van der Waals surface area contributed by atoms with E-state index in [1.807, 2.05) is 24.0 Å². The van der Waals surface area contributed by atoms with Gasteiger partial charge in [0, 0.05) is 30.9 Å². The van der Waals surface area contributed by atoms with Crippen LogP contribution in [0.3, 0.4) is 0 Å². The molecule has 0 aliphatic carbocycles. The summed E-state index contributed by atoms with van der Waals surface area (Å²) in [6, 6.07) is 5.40. The second-order valence-corrected chi connectivity index (χ2v) is 7.65. The minimum Gasteiger partial charge on any atom is -0.332 e. The van der Waals surface area contributed by atoms with Gasteiger partial charge in [-0.05, 0) is 38.5 Å². The number of H-pyrrole nitrogens is 2. The number of rotatable bonds is 3. The van der Waals surface area contributed by atoms with Gasteiger partial charge in [0.2, 0.25) is 0 Å². The molecule has 2 aliphatic heterocycles. The maximum atomic E-state index is 13.1. The van der Waals surface area contributed by atoms with E-state index in [1.54, 1.807) is 22.6 Å². The number of nitrogens with zero attached hydrogens (tertiary/aromatic N) is 5. The SMILES string of the molecule is CCn1nnc2cc(C(=O)N3C[C@@H]4C[C@H]3CN4C(=O)c3[nH]c(=O)[nH]c3C)ccc21. The molecule has 150 valence electrons. The molecule has 0 spiro atoms. The van der Waals surface area contributed by atoms with Crippen LogP contribution in [0.15, 0.2) is 23.0 Å². The Balaban J connectivity index is 1.34. The molecule has 0 radical (unpaired) electrons. The standard InChI is InChI=1S/C19H21N7O3/c1-3-26-15-5-4-11(6-14(15)22-23-26)17(27)24-8-13-7-12(24)9-25(13)18(28)16-10(2)20-19(29)21-16/h4-6,12-13H,3,7-9H2,1-2H3,(H2,20,21,29)/t12-,13-/m0/s1. The first-order chi connectivity index (χ1) is 14.0. The van der Waals surface area contributed by atoms with Crippen LogP contribution in [0.5, 0.6) is 0 Å². The zero-order chi connectivity index (χ0) is 20.3. The maximum Gasteiger partial charge on any atom is 0.323 e. The van der Waals surface area contributed by atoms with Crippen LogP contribution in [-0.4, -0.2) is 71.7 Å². The van der Waals surface area contributed by atoms with Gasteiger partial charge in [0.15, 0.2) is 0 Å². The average Bonchev–Trinajstić information content (AvgIpc) is 3.48.